The van der Waals surface area contributed by atoms with E-state index in [2.05, 4.69) is 47.1 Å². The molecule has 0 aromatic heterocycles. The zero-order valence-electron chi connectivity index (χ0n) is 13.0. The van der Waals surface area contributed by atoms with Crippen LogP contribution in [0.2, 0.25) is 0 Å². The average Bonchev–Trinajstić information content (AvgIpc) is 2.47. The number of carbonyl (C=O) groups excluding carboxylic acids is 1. The number of rotatable bonds is 5. The summed E-state index contributed by atoms with van der Waals surface area (Å²) in [5.74, 6) is 0.331. The van der Waals surface area contributed by atoms with Crippen LogP contribution >= 0.6 is 12.6 Å². The number of amides is 1. The van der Waals surface area contributed by atoms with Crippen LogP contribution in [0.5, 0.6) is 0 Å². The van der Waals surface area contributed by atoms with Crippen LogP contribution in [0.1, 0.15) is 32.3 Å². The lowest BCUT2D eigenvalue weighted by atomic mass is 10.0. The first-order valence-electron chi connectivity index (χ1n) is 7.81. The SMILES string of the molecule is CC(C)C(S)C(=O)NC1CCCN(Cc2ccccc2)C1. The molecule has 2 unspecified atom stereocenters. The van der Waals surface area contributed by atoms with Gasteiger partial charge in [-0.15, -0.1) is 0 Å². The molecular weight excluding hydrogens is 280 g/mol. The zero-order valence-corrected chi connectivity index (χ0v) is 13.9. The normalized spacial score (nSPS) is 21.2. The van der Waals surface area contributed by atoms with Crippen LogP contribution in [0, 0.1) is 5.92 Å². The summed E-state index contributed by atoms with van der Waals surface area (Å²) in [6.07, 6.45) is 2.20. The van der Waals surface area contributed by atoms with Crippen molar-refractivity contribution in [2.45, 2.75) is 44.5 Å². The van der Waals surface area contributed by atoms with Gasteiger partial charge in [0, 0.05) is 19.1 Å². The van der Waals surface area contributed by atoms with E-state index in [0.717, 1.165) is 32.5 Å². The Hall–Kier alpha value is -1.00. The molecule has 1 heterocycles. The number of hydrogen-bond donors (Lipinski definition) is 2. The van der Waals surface area contributed by atoms with Crippen molar-refractivity contribution in [3.05, 3.63) is 35.9 Å². The summed E-state index contributed by atoms with van der Waals surface area (Å²) in [7, 11) is 0. The Balaban J connectivity index is 1.85. The highest BCUT2D eigenvalue weighted by atomic mass is 32.1. The lowest BCUT2D eigenvalue weighted by Gasteiger charge is -2.33. The predicted octanol–water partition coefficient (Wildman–Crippen LogP) is 2.72. The number of likely N-dealkylation sites (tertiary alicyclic amines) is 1. The first-order chi connectivity index (χ1) is 10.1. The molecule has 0 spiro atoms. The van der Waals surface area contributed by atoms with Gasteiger partial charge in [0.05, 0.1) is 5.25 Å². The maximum atomic E-state index is 12.1. The van der Waals surface area contributed by atoms with Crippen molar-refractivity contribution in [3.63, 3.8) is 0 Å². The largest absolute Gasteiger partial charge is 0.351 e. The fourth-order valence-corrected chi connectivity index (χ4v) is 2.82. The number of hydrogen-bond acceptors (Lipinski definition) is 3. The van der Waals surface area contributed by atoms with Gasteiger partial charge in [0.2, 0.25) is 5.91 Å². The molecule has 0 bridgehead atoms. The molecule has 1 saturated heterocycles. The van der Waals surface area contributed by atoms with Gasteiger partial charge >= 0.3 is 0 Å². The van der Waals surface area contributed by atoms with E-state index in [9.17, 15) is 4.79 Å². The van der Waals surface area contributed by atoms with Gasteiger partial charge in [-0.05, 0) is 30.9 Å². The van der Waals surface area contributed by atoms with Gasteiger partial charge in [-0.3, -0.25) is 9.69 Å². The maximum absolute atomic E-state index is 12.1. The number of piperidine rings is 1. The van der Waals surface area contributed by atoms with Crippen LogP contribution in [0.4, 0.5) is 0 Å². The second-order valence-electron chi connectivity index (χ2n) is 6.26. The van der Waals surface area contributed by atoms with Crippen LogP contribution in [0.25, 0.3) is 0 Å². The van der Waals surface area contributed by atoms with E-state index in [0.29, 0.717) is 0 Å². The molecule has 2 rings (SSSR count). The van der Waals surface area contributed by atoms with Gasteiger partial charge in [0.1, 0.15) is 0 Å². The zero-order chi connectivity index (χ0) is 15.2. The maximum Gasteiger partial charge on any atom is 0.233 e. The second-order valence-corrected chi connectivity index (χ2v) is 6.81. The highest BCUT2D eigenvalue weighted by Crippen LogP contribution is 2.15. The number of nitrogens with zero attached hydrogens (tertiary/aromatic N) is 1. The summed E-state index contributed by atoms with van der Waals surface area (Å²) in [5.41, 5.74) is 1.33. The van der Waals surface area contributed by atoms with Gasteiger partial charge < -0.3 is 5.32 Å². The smallest absolute Gasteiger partial charge is 0.233 e. The van der Waals surface area contributed by atoms with E-state index in [-0.39, 0.29) is 23.1 Å². The number of thiol groups is 1. The van der Waals surface area contributed by atoms with Gasteiger partial charge in [0.15, 0.2) is 0 Å². The molecule has 2 atom stereocenters. The van der Waals surface area contributed by atoms with Gasteiger partial charge in [-0.1, -0.05) is 44.2 Å². The monoisotopic (exact) mass is 306 g/mol. The Morgan fingerprint density at radius 3 is 2.76 bits per heavy atom. The lowest BCUT2D eigenvalue weighted by molar-refractivity contribution is -0.122. The van der Waals surface area contributed by atoms with Crippen LogP contribution in [-0.4, -0.2) is 35.2 Å². The van der Waals surface area contributed by atoms with Crippen molar-refractivity contribution in [3.8, 4) is 0 Å². The number of benzene rings is 1. The molecule has 1 aliphatic rings. The first-order valence-corrected chi connectivity index (χ1v) is 8.32. The fraction of sp³-hybridized carbons (Fsp3) is 0.588. The summed E-state index contributed by atoms with van der Waals surface area (Å²) in [4.78, 5) is 14.5. The van der Waals surface area contributed by atoms with Crippen molar-refractivity contribution in [1.82, 2.24) is 10.2 Å². The Morgan fingerprint density at radius 1 is 1.38 bits per heavy atom. The van der Waals surface area contributed by atoms with E-state index in [1.54, 1.807) is 0 Å². The van der Waals surface area contributed by atoms with Gasteiger partial charge in [0.25, 0.3) is 0 Å². The number of carbonyl (C=O) groups is 1. The Bertz CT molecular complexity index is 449. The molecule has 1 aromatic rings. The summed E-state index contributed by atoms with van der Waals surface area (Å²) in [6, 6.07) is 10.8. The molecule has 1 amide bonds. The molecule has 4 heteroatoms. The lowest BCUT2D eigenvalue weighted by Crippen LogP contribution is -2.49. The summed E-state index contributed by atoms with van der Waals surface area (Å²) < 4.78 is 0. The van der Waals surface area contributed by atoms with E-state index in [1.165, 1.54) is 5.56 Å². The Labute approximate surface area is 133 Å². The van der Waals surface area contributed by atoms with Gasteiger partial charge in [-0.25, -0.2) is 0 Å². The van der Waals surface area contributed by atoms with E-state index in [1.807, 2.05) is 19.9 Å². The van der Waals surface area contributed by atoms with E-state index >= 15 is 0 Å². The Kier molecular flexibility index (Phi) is 6.12. The number of nitrogens with one attached hydrogen (secondary N) is 1. The second kappa shape index (κ2) is 7.85. The van der Waals surface area contributed by atoms with Crippen molar-refractivity contribution < 1.29 is 4.79 Å². The van der Waals surface area contributed by atoms with Crippen molar-refractivity contribution >= 4 is 18.5 Å². The van der Waals surface area contributed by atoms with Crippen LogP contribution in [-0.2, 0) is 11.3 Å². The molecule has 0 aliphatic carbocycles. The molecule has 0 saturated carbocycles. The Morgan fingerprint density at radius 2 is 2.10 bits per heavy atom. The molecule has 116 valence electrons. The quantitative estimate of drug-likeness (QED) is 0.820. The molecule has 0 radical (unpaired) electrons. The van der Waals surface area contributed by atoms with Crippen molar-refractivity contribution in [1.29, 1.82) is 0 Å². The third-order valence-electron chi connectivity index (χ3n) is 4.00. The highest BCUT2D eigenvalue weighted by Gasteiger charge is 2.24. The molecular formula is C17H26N2OS. The van der Waals surface area contributed by atoms with Crippen LogP contribution in [0.3, 0.4) is 0 Å². The molecule has 1 fully saturated rings. The molecule has 1 N–H and O–H groups in total. The minimum absolute atomic E-state index is 0.0693. The molecule has 3 nitrogen and oxygen atoms in total. The van der Waals surface area contributed by atoms with E-state index < -0.39 is 0 Å². The topological polar surface area (TPSA) is 32.3 Å². The molecule has 1 aliphatic heterocycles. The van der Waals surface area contributed by atoms with E-state index in [4.69, 9.17) is 0 Å². The highest BCUT2D eigenvalue weighted by molar-refractivity contribution is 7.81. The molecule has 21 heavy (non-hydrogen) atoms. The predicted molar refractivity (Wildman–Crippen MR) is 90.5 cm³/mol. The van der Waals surface area contributed by atoms with Crippen LogP contribution in [0.15, 0.2) is 30.3 Å². The first kappa shape index (κ1) is 16.4. The standard InChI is InChI=1S/C17H26N2OS/c1-13(2)16(21)17(20)18-15-9-6-10-19(12-15)11-14-7-4-3-5-8-14/h3-5,7-8,13,15-16,21H,6,9-12H2,1-2H3,(H,18,20). The minimum atomic E-state index is -0.213. The van der Waals surface area contributed by atoms with Crippen molar-refractivity contribution in [2.24, 2.45) is 5.92 Å². The van der Waals surface area contributed by atoms with Gasteiger partial charge in [-0.2, -0.15) is 12.6 Å². The summed E-state index contributed by atoms with van der Waals surface area (Å²) in [5, 5.41) is 2.95. The van der Waals surface area contributed by atoms with Crippen molar-refractivity contribution in [2.75, 3.05) is 13.1 Å². The summed E-state index contributed by atoms with van der Waals surface area (Å²) in [6.45, 7) is 7.05. The summed E-state index contributed by atoms with van der Waals surface area (Å²) >= 11 is 4.40. The molecule has 1 aromatic carbocycles. The third kappa shape index (κ3) is 5.04. The fourth-order valence-electron chi connectivity index (χ4n) is 2.75. The third-order valence-corrected chi connectivity index (χ3v) is 4.83. The van der Waals surface area contributed by atoms with Crippen LogP contribution < -0.4 is 5.32 Å². The average molecular weight is 306 g/mol. The minimum Gasteiger partial charge on any atom is -0.351 e.